The van der Waals surface area contributed by atoms with Crippen LogP contribution in [-0.4, -0.2) is 36.6 Å². The molecule has 0 saturated heterocycles. The van der Waals surface area contributed by atoms with Gasteiger partial charge < -0.3 is 10.2 Å². The molecule has 4 heteroatoms. The maximum Gasteiger partial charge on any atom is 0.141 e. The molecule has 3 unspecified atom stereocenters. The number of halogens is 1. The van der Waals surface area contributed by atoms with Gasteiger partial charge in [0.25, 0.3) is 0 Å². The number of pyridine rings is 1. The average Bonchev–Trinajstić information content (AvgIpc) is 2.39. The molecule has 1 aromatic heterocycles. The lowest BCUT2D eigenvalue weighted by Gasteiger charge is -2.38. The molecule has 3 atom stereocenters. The van der Waals surface area contributed by atoms with Crippen LogP contribution in [0.4, 0.5) is 4.39 Å². The van der Waals surface area contributed by atoms with Gasteiger partial charge in [-0.1, -0.05) is 27.7 Å². The van der Waals surface area contributed by atoms with E-state index in [-0.39, 0.29) is 17.3 Å². The maximum absolute atomic E-state index is 13.0. The summed E-state index contributed by atoms with van der Waals surface area (Å²) >= 11 is 0. The minimum absolute atomic E-state index is 0.125. The summed E-state index contributed by atoms with van der Waals surface area (Å²) in [5.41, 5.74) is 1.14. The van der Waals surface area contributed by atoms with E-state index >= 15 is 0 Å². The molecule has 3 nitrogen and oxygen atoms in total. The molecule has 0 bridgehead atoms. The van der Waals surface area contributed by atoms with Crippen LogP contribution in [0.1, 0.15) is 46.4 Å². The molecule has 0 fully saturated rings. The van der Waals surface area contributed by atoms with Crippen LogP contribution in [0.15, 0.2) is 18.3 Å². The average molecular weight is 295 g/mol. The number of aromatic nitrogens is 1. The first-order valence-electron chi connectivity index (χ1n) is 7.65. The number of hydrogen-bond donors (Lipinski definition) is 1. The standard InChI is InChI=1S/C17H30FN3/c1-12(11-21(7)13(2)17(3,4)5)16(19-6)15-9-8-14(18)10-20-15/h8-10,12-13,16,19H,11H2,1-7H3. The van der Waals surface area contributed by atoms with Crippen LogP contribution in [0, 0.1) is 17.2 Å². The molecule has 0 radical (unpaired) electrons. The second-order valence-electron chi connectivity index (χ2n) is 7.13. The van der Waals surface area contributed by atoms with Crippen LogP contribution in [0.3, 0.4) is 0 Å². The summed E-state index contributed by atoms with van der Waals surface area (Å²) in [7, 11) is 4.09. The van der Waals surface area contributed by atoms with E-state index in [4.69, 9.17) is 0 Å². The number of nitrogens with zero attached hydrogens (tertiary/aromatic N) is 2. The molecule has 1 aromatic rings. The Hall–Kier alpha value is -1.00. The SMILES string of the molecule is CNC(c1ccc(F)cn1)C(C)CN(C)C(C)C(C)(C)C. The first-order chi connectivity index (χ1) is 9.66. The van der Waals surface area contributed by atoms with Crippen molar-refractivity contribution in [3.63, 3.8) is 0 Å². The van der Waals surface area contributed by atoms with Crippen molar-refractivity contribution < 1.29 is 4.39 Å². The van der Waals surface area contributed by atoms with Gasteiger partial charge in [-0.15, -0.1) is 0 Å². The van der Waals surface area contributed by atoms with E-state index in [0.717, 1.165) is 12.2 Å². The maximum atomic E-state index is 13.0. The predicted molar refractivity (Wildman–Crippen MR) is 86.7 cm³/mol. The molecule has 0 aliphatic heterocycles. The molecule has 0 aliphatic carbocycles. The van der Waals surface area contributed by atoms with Gasteiger partial charge in [0.05, 0.1) is 17.9 Å². The molecule has 120 valence electrons. The van der Waals surface area contributed by atoms with E-state index in [0.29, 0.717) is 12.0 Å². The Morgan fingerprint density at radius 1 is 1.29 bits per heavy atom. The molecule has 0 aromatic carbocycles. The van der Waals surface area contributed by atoms with Gasteiger partial charge in [-0.3, -0.25) is 4.98 Å². The Bertz CT molecular complexity index is 425. The first-order valence-corrected chi connectivity index (χ1v) is 7.65. The van der Waals surface area contributed by atoms with Gasteiger partial charge in [0, 0.05) is 12.6 Å². The molecular weight excluding hydrogens is 265 g/mol. The smallest absolute Gasteiger partial charge is 0.141 e. The van der Waals surface area contributed by atoms with Crippen LogP contribution in [-0.2, 0) is 0 Å². The lowest BCUT2D eigenvalue weighted by atomic mass is 9.86. The van der Waals surface area contributed by atoms with Crippen molar-refractivity contribution in [1.82, 2.24) is 15.2 Å². The van der Waals surface area contributed by atoms with E-state index in [1.54, 1.807) is 6.07 Å². The van der Waals surface area contributed by atoms with E-state index in [9.17, 15) is 4.39 Å². The molecular formula is C17H30FN3. The van der Waals surface area contributed by atoms with Crippen molar-refractivity contribution >= 4 is 0 Å². The topological polar surface area (TPSA) is 28.2 Å². The van der Waals surface area contributed by atoms with Gasteiger partial charge in [0.1, 0.15) is 5.82 Å². The highest BCUT2D eigenvalue weighted by Gasteiger charge is 2.27. The Balaban J connectivity index is 2.76. The fourth-order valence-corrected chi connectivity index (χ4v) is 2.67. The van der Waals surface area contributed by atoms with Gasteiger partial charge in [-0.25, -0.2) is 4.39 Å². The summed E-state index contributed by atoms with van der Waals surface area (Å²) in [6, 6.07) is 3.85. The molecule has 0 amide bonds. The fourth-order valence-electron chi connectivity index (χ4n) is 2.67. The summed E-state index contributed by atoms with van der Waals surface area (Å²) in [5.74, 6) is 0.0856. The van der Waals surface area contributed by atoms with Crippen molar-refractivity contribution in [2.75, 3.05) is 20.6 Å². The van der Waals surface area contributed by atoms with Gasteiger partial charge in [0.2, 0.25) is 0 Å². The van der Waals surface area contributed by atoms with E-state index in [2.05, 4.69) is 56.9 Å². The summed E-state index contributed by atoms with van der Waals surface area (Å²) < 4.78 is 13.0. The Morgan fingerprint density at radius 3 is 2.33 bits per heavy atom. The minimum Gasteiger partial charge on any atom is -0.311 e. The number of nitrogens with one attached hydrogen (secondary N) is 1. The molecule has 0 aliphatic rings. The fraction of sp³-hybridized carbons (Fsp3) is 0.706. The van der Waals surface area contributed by atoms with Crippen LogP contribution >= 0.6 is 0 Å². The summed E-state index contributed by atoms with van der Waals surface area (Å²) in [5, 5.41) is 3.31. The zero-order chi connectivity index (χ0) is 16.2. The van der Waals surface area contributed by atoms with Crippen LogP contribution < -0.4 is 5.32 Å². The van der Waals surface area contributed by atoms with Gasteiger partial charge >= 0.3 is 0 Å². The van der Waals surface area contributed by atoms with Crippen molar-refractivity contribution in [1.29, 1.82) is 0 Å². The number of hydrogen-bond acceptors (Lipinski definition) is 3. The van der Waals surface area contributed by atoms with Crippen molar-refractivity contribution in [2.24, 2.45) is 11.3 Å². The van der Waals surface area contributed by atoms with Crippen molar-refractivity contribution in [3.05, 3.63) is 29.8 Å². The monoisotopic (exact) mass is 295 g/mol. The second-order valence-corrected chi connectivity index (χ2v) is 7.13. The van der Waals surface area contributed by atoms with Gasteiger partial charge in [0.15, 0.2) is 0 Å². The summed E-state index contributed by atoms with van der Waals surface area (Å²) in [6.45, 7) is 12.2. The third-order valence-electron chi connectivity index (χ3n) is 4.44. The van der Waals surface area contributed by atoms with E-state index in [1.165, 1.54) is 12.3 Å². The normalized spacial score (nSPS) is 16.8. The van der Waals surface area contributed by atoms with E-state index in [1.807, 2.05) is 7.05 Å². The third-order valence-corrected chi connectivity index (χ3v) is 4.44. The highest BCUT2D eigenvalue weighted by atomic mass is 19.1. The Kier molecular flexibility index (Phi) is 6.29. The molecule has 0 saturated carbocycles. The lowest BCUT2D eigenvalue weighted by Crippen LogP contribution is -2.43. The van der Waals surface area contributed by atoms with Crippen LogP contribution in [0.25, 0.3) is 0 Å². The summed E-state index contributed by atoms with van der Waals surface area (Å²) in [6.07, 6.45) is 1.29. The highest BCUT2D eigenvalue weighted by Crippen LogP contribution is 2.26. The molecule has 0 spiro atoms. The van der Waals surface area contributed by atoms with Crippen LogP contribution in [0.2, 0.25) is 0 Å². The van der Waals surface area contributed by atoms with Gasteiger partial charge in [-0.2, -0.15) is 0 Å². The Labute approximate surface area is 129 Å². The predicted octanol–water partition coefficient (Wildman–Crippen LogP) is 3.48. The molecule has 1 rings (SSSR count). The number of rotatable bonds is 6. The largest absolute Gasteiger partial charge is 0.311 e. The molecule has 1 N–H and O–H groups in total. The highest BCUT2D eigenvalue weighted by molar-refractivity contribution is 5.11. The third kappa shape index (κ3) is 5.04. The second kappa shape index (κ2) is 7.32. The minimum atomic E-state index is -0.292. The van der Waals surface area contributed by atoms with Crippen molar-refractivity contribution in [2.45, 2.75) is 46.7 Å². The Morgan fingerprint density at radius 2 is 1.90 bits per heavy atom. The zero-order valence-corrected chi connectivity index (χ0v) is 14.4. The van der Waals surface area contributed by atoms with E-state index < -0.39 is 0 Å². The van der Waals surface area contributed by atoms with Crippen LogP contribution in [0.5, 0.6) is 0 Å². The quantitative estimate of drug-likeness (QED) is 0.871. The summed E-state index contributed by atoms with van der Waals surface area (Å²) in [4.78, 5) is 6.60. The van der Waals surface area contributed by atoms with Crippen molar-refractivity contribution in [3.8, 4) is 0 Å². The first kappa shape index (κ1) is 18.1. The zero-order valence-electron chi connectivity index (χ0n) is 14.4. The lowest BCUT2D eigenvalue weighted by molar-refractivity contribution is 0.117. The van der Waals surface area contributed by atoms with Gasteiger partial charge in [-0.05, 0) is 44.5 Å². The molecule has 21 heavy (non-hydrogen) atoms. The molecule has 1 heterocycles.